The summed E-state index contributed by atoms with van der Waals surface area (Å²) in [5.74, 6) is -0.0504. The van der Waals surface area contributed by atoms with E-state index in [4.69, 9.17) is 9.47 Å². The molecule has 6 rings (SSSR count). The lowest BCUT2D eigenvalue weighted by Gasteiger charge is -2.49. The summed E-state index contributed by atoms with van der Waals surface area (Å²) in [7, 11) is -8.37. The quantitative estimate of drug-likeness (QED) is 0.353. The summed E-state index contributed by atoms with van der Waals surface area (Å²) in [6.07, 6.45) is 1.29. The van der Waals surface area contributed by atoms with E-state index in [2.05, 4.69) is 0 Å². The Morgan fingerprint density at radius 3 is 2.16 bits per heavy atom. The van der Waals surface area contributed by atoms with E-state index in [0.717, 1.165) is 5.56 Å². The van der Waals surface area contributed by atoms with Gasteiger partial charge in [0.1, 0.15) is 11.0 Å². The summed E-state index contributed by atoms with van der Waals surface area (Å²) in [6.45, 7) is 0.750. The van der Waals surface area contributed by atoms with Gasteiger partial charge in [-0.05, 0) is 49.1 Å². The minimum atomic E-state index is -4.28. The molecule has 43 heavy (non-hydrogen) atoms. The summed E-state index contributed by atoms with van der Waals surface area (Å²) in [5, 5.41) is -2.91. The van der Waals surface area contributed by atoms with Crippen molar-refractivity contribution in [2.45, 2.75) is 64.7 Å². The number of benzene rings is 3. The Morgan fingerprint density at radius 2 is 1.47 bits per heavy atom. The number of sulfone groups is 2. The first kappa shape index (κ1) is 29.3. The van der Waals surface area contributed by atoms with Gasteiger partial charge in [0, 0.05) is 24.6 Å². The number of ether oxygens (including phenoxy) is 2. The Balaban J connectivity index is 1.35. The first-order valence-electron chi connectivity index (χ1n) is 14.2. The number of likely N-dealkylation sites (tertiary alicyclic amines) is 1. The average Bonchev–Trinajstić information content (AvgIpc) is 3.01. The van der Waals surface area contributed by atoms with Gasteiger partial charge >= 0.3 is 6.09 Å². The first-order chi connectivity index (χ1) is 20.7. The van der Waals surface area contributed by atoms with Crippen molar-refractivity contribution in [2.75, 3.05) is 6.61 Å². The zero-order chi connectivity index (χ0) is 30.2. The van der Waals surface area contributed by atoms with Crippen molar-refractivity contribution >= 4 is 31.6 Å². The van der Waals surface area contributed by atoms with Gasteiger partial charge in [-0.25, -0.2) is 21.6 Å². The van der Waals surface area contributed by atoms with Crippen molar-refractivity contribution in [1.82, 2.24) is 4.90 Å². The van der Waals surface area contributed by atoms with E-state index >= 15 is 0 Å². The number of amides is 1. The summed E-state index contributed by atoms with van der Waals surface area (Å²) < 4.78 is 67.3. The highest BCUT2D eigenvalue weighted by atomic mass is 32.2. The number of hydrogen-bond acceptors (Lipinski definition) is 8. The molecule has 0 N–H and O–H groups in total. The van der Waals surface area contributed by atoms with Crippen molar-refractivity contribution in [3.05, 3.63) is 102 Å². The molecular formula is C32H31NO8S2. The third-order valence-electron chi connectivity index (χ3n) is 8.32. The average molecular weight is 622 g/mol. The van der Waals surface area contributed by atoms with Crippen molar-refractivity contribution < 1.29 is 35.9 Å². The molecule has 3 aromatic rings. The van der Waals surface area contributed by atoms with E-state index in [1.807, 2.05) is 30.3 Å². The topological polar surface area (TPSA) is 124 Å². The maximum atomic E-state index is 14.2. The molecule has 0 spiro atoms. The van der Waals surface area contributed by atoms with Gasteiger partial charge in [-0.1, -0.05) is 66.7 Å². The maximum Gasteiger partial charge on any atom is 0.416 e. The van der Waals surface area contributed by atoms with Crippen molar-refractivity contribution in [1.29, 1.82) is 0 Å². The van der Waals surface area contributed by atoms with Gasteiger partial charge < -0.3 is 9.47 Å². The minimum absolute atomic E-state index is 0.0360. The van der Waals surface area contributed by atoms with Crippen LogP contribution in [0.25, 0.3) is 0 Å². The number of hydrogen-bond donors (Lipinski definition) is 0. The summed E-state index contributed by atoms with van der Waals surface area (Å²) in [5.41, 5.74) is 1.15. The number of carbonyl (C=O) groups excluding carboxylic acids is 2. The Labute approximate surface area is 251 Å². The van der Waals surface area contributed by atoms with Crippen LogP contribution in [0.3, 0.4) is 0 Å². The number of Topliss-reactive ketones (excluding diaryl/α,β-unsaturated/α-hetero) is 1. The second-order valence-corrected chi connectivity index (χ2v) is 15.1. The van der Waals surface area contributed by atoms with Crippen LogP contribution in [-0.2, 0) is 35.8 Å². The molecule has 3 aromatic carbocycles. The maximum absolute atomic E-state index is 14.2. The van der Waals surface area contributed by atoms with Crippen LogP contribution in [0.15, 0.2) is 106 Å². The first-order valence-corrected chi connectivity index (χ1v) is 17.3. The molecule has 4 atom stereocenters. The van der Waals surface area contributed by atoms with Crippen LogP contribution in [-0.4, -0.2) is 62.8 Å². The molecular weight excluding hydrogens is 590 g/mol. The second-order valence-electron chi connectivity index (χ2n) is 10.9. The molecule has 0 saturated carbocycles. The van der Waals surface area contributed by atoms with Gasteiger partial charge in [-0.15, -0.1) is 0 Å². The number of allylic oxidation sites excluding steroid dienone is 1. The van der Waals surface area contributed by atoms with E-state index in [9.17, 15) is 26.4 Å². The Hall–Kier alpha value is -3.80. The molecule has 0 radical (unpaired) electrons. The zero-order valence-corrected chi connectivity index (χ0v) is 24.9. The summed E-state index contributed by atoms with van der Waals surface area (Å²) in [6, 6.07) is 21.5. The van der Waals surface area contributed by atoms with Crippen molar-refractivity contribution in [3.63, 3.8) is 0 Å². The summed E-state index contributed by atoms with van der Waals surface area (Å²) in [4.78, 5) is 28.1. The van der Waals surface area contributed by atoms with Gasteiger partial charge in [0.05, 0.1) is 27.7 Å². The van der Waals surface area contributed by atoms with Gasteiger partial charge in [0.25, 0.3) is 0 Å². The lowest BCUT2D eigenvalue weighted by Crippen LogP contribution is -2.65. The van der Waals surface area contributed by atoms with Crippen LogP contribution in [0.4, 0.5) is 4.79 Å². The van der Waals surface area contributed by atoms with Gasteiger partial charge in [-0.2, -0.15) is 0 Å². The fourth-order valence-electron chi connectivity index (χ4n) is 6.36. The fourth-order valence-corrected chi connectivity index (χ4v) is 11.8. The molecule has 9 nitrogen and oxygen atoms in total. The highest BCUT2D eigenvalue weighted by Gasteiger charge is 2.60. The Morgan fingerprint density at radius 1 is 0.837 bits per heavy atom. The molecule has 1 fully saturated rings. The summed E-state index contributed by atoms with van der Waals surface area (Å²) >= 11 is 0. The fraction of sp³-hybridized carbons (Fsp3) is 0.312. The van der Waals surface area contributed by atoms with E-state index in [1.54, 1.807) is 30.3 Å². The third kappa shape index (κ3) is 5.41. The molecule has 0 bridgehead atoms. The molecule has 0 aromatic heterocycles. The minimum Gasteiger partial charge on any atom is -0.410 e. The zero-order valence-electron chi connectivity index (χ0n) is 23.2. The molecule has 0 unspecified atom stereocenters. The van der Waals surface area contributed by atoms with E-state index in [-0.39, 0.29) is 39.7 Å². The second kappa shape index (κ2) is 11.7. The standard InChI is InChI=1S/C32H31NO8S2/c34-26-20-23(12-9-19-40-21-22-10-3-1-4-11-22)33(32(35)41-24-13-5-2-6-14-24)30-25(26)17-18-29-31(30)43(38,39)28-16-8-7-15-27(28)42(29,36)37/h1-8,10-11,13-17,23,29-31H,9,12,18-21H2/t23-,29+,30-,31+/m0/s1. The largest absolute Gasteiger partial charge is 0.416 e. The molecule has 1 amide bonds. The number of para-hydroxylation sites is 1. The molecule has 11 heteroatoms. The van der Waals surface area contributed by atoms with Crippen LogP contribution < -0.4 is 4.74 Å². The monoisotopic (exact) mass is 621 g/mol. The molecule has 224 valence electrons. The smallest absolute Gasteiger partial charge is 0.410 e. The number of rotatable bonds is 7. The molecule has 2 aliphatic heterocycles. The van der Waals surface area contributed by atoms with Crippen LogP contribution in [0.1, 0.15) is 31.2 Å². The molecule has 1 saturated heterocycles. The SMILES string of the molecule is O=C1C[C@H](CCCOCc2ccccc2)N(C(=O)Oc2ccccc2)[C@H]2C1=CC[C@@H]1[C@H]2S(=O)(=O)c2ccccc2S1(=O)=O. The van der Waals surface area contributed by atoms with Crippen LogP contribution >= 0.6 is 0 Å². The number of carbonyl (C=O) groups is 2. The lowest BCUT2D eigenvalue weighted by molar-refractivity contribution is -0.119. The van der Waals surface area contributed by atoms with Crippen LogP contribution in [0, 0.1) is 0 Å². The van der Waals surface area contributed by atoms with Gasteiger partial charge in [-0.3, -0.25) is 9.69 Å². The van der Waals surface area contributed by atoms with Crippen LogP contribution in [0.2, 0.25) is 0 Å². The predicted molar refractivity (Wildman–Crippen MR) is 158 cm³/mol. The van der Waals surface area contributed by atoms with Gasteiger partial charge in [0.2, 0.25) is 0 Å². The molecule has 3 aliphatic rings. The highest BCUT2D eigenvalue weighted by Crippen LogP contribution is 2.46. The Bertz CT molecular complexity index is 1770. The van der Waals surface area contributed by atoms with Gasteiger partial charge in [0.15, 0.2) is 25.5 Å². The van der Waals surface area contributed by atoms with Crippen molar-refractivity contribution in [3.8, 4) is 5.75 Å². The van der Waals surface area contributed by atoms with Crippen LogP contribution in [0.5, 0.6) is 5.75 Å². The third-order valence-corrected chi connectivity index (χ3v) is 13.1. The number of ketones is 1. The number of fused-ring (bicyclic) bond motifs is 4. The number of nitrogens with zero attached hydrogens (tertiary/aromatic N) is 1. The van der Waals surface area contributed by atoms with E-state index in [1.165, 1.54) is 35.2 Å². The highest BCUT2D eigenvalue weighted by molar-refractivity contribution is 7.98. The number of piperidine rings is 1. The Kier molecular flexibility index (Phi) is 7.97. The molecule has 1 aliphatic carbocycles. The van der Waals surface area contributed by atoms with E-state index in [0.29, 0.717) is 26.1 Å². The lowest BCUT2D eigenvalue weighted by atomic mass is 9.81. The predicted octanol–water partition coefficient (Wildman–Crippen LogP) is 4.52. The normalized spacial score (nSPS) is 25.1. The molecule has 2 heterocycles. The van der Waals surface area contributed by atoms with Crippen molar-refractivity contribution in [2.24, 2.45) is 0 Å². The van der Waals surface area contributed by atoms with E-state index < -0.39 is 48.4 Å².